The highest BCUT2D eigenvalue weighted by Gasteiger charge is 2.46. The van der Waals surface area contributed by atoms with Crippen LogP contribution in [0.5, 0.6) is 11.5 Å². The minimum atomic E-state index is -3.79. The predicted octanol–water partition coefficient (Wildman–Crippen LogP) is 3.10. The van der Waals surface area contributed by atoms with Crippen LogP contribution < -0.4 is 4.74 Å². The van der Waals surface area contributed by atoms with Crippen LogP contribution in [0.15, 0.2) is 54.6 Å². The van der Waals surface area contributed by atoms with Gasteiger partial charge in [0.1, 0.15) is 11.5 Å². The van der Waals surface area contributed by atoms with Crippen molar-refractivity contribution in [2.24, 2.45) is 0 Å². The number of halogens is 2. The molecule has 6 heteroatoms. The Labute approximate surface area is 125 Å². The van der Waals surface area contributed by atoms with Crippen LogP contribution in [0, 0.1) is 0 Å². The molecule has 2 rings (SSSR count). The largest absolute Gasteiger partial charge is 0.467 e. The zero-order chi connectivity index (χ0) is 16.2. The molecule has 0 saturated carbocycles. The van der Waals surface area contributed by atoms with Gasteiger partial charge in [0.15, 0.2) is 0 Å². The quantitative estimate of drug-likeness (QED) is 0.862. The van der Waals surface area contributed by atoms with Gasteiger partial charge in [-0.1, -0.05) is 30.3 Å². The summed E-state index contributed by atoms with van der Waals surface area (Å²) in [6.45, 7) is 0. The molecule has 2 aromatic carbocycles. The first-order valence-corrected chi connectivity index (χ1v) is 6.42. The number of rotatable bonds is 5. The number of aliphatic hydroxyl groups excluding tert-OH is 1. The standard InChI is InChI=1S/C16H14F2O4/c1-21-15(20)14(19)16(17,18)11-6-5-9-13(10-11)22-12-7-3-2-4-8-12/h2-10,14,19H,1H3. The highest BCUT2D eigenvalue weighted by Crippen LogP contribution is 2.35. The van der Waals surface area contributed by atoms with Gasteiger partial charge in [0.05, 0.1) is 7.11 Å². The molecule has 1 atom stereocenters. The molecule has 0 bridgehead atoms. The number of benzene rings is 2. The van der Waals surface area contributed by atoms with Crippen LogP contribution in [0.1, 0.15) is 5.56 Å². The van der Waals surface area contributed by atoms with Crippen LogP contribution in [0.4, 0.5) is 8.78 Å². The molecular weight excluding hydrogens is 294 g/mol. The number of para-hydroxylation sites is 1. The van der Waals surface area contributed by atoms with Gasteiger partial charge in [0.25, 0.3) is 0 Å². The summed E-state index contributed by atoms with van der Waals surface area (Å²) >= 11 is 0. The number of aliphatic hydroxyl groups is 1. The lowest BCUT2D eigenvalue weighted by molar-refractivity contribution is -0.176. The molecule has 1 N–H and O–H groups in total. The van der Waals surface area contributed by atoms with E-state index in [1.165, 1.54) is 12.1 Å². The Bertz CT molecular complexity index is 644. The Morgan fingerprint density at radius 2 is 1.73 bits per heavy atom. The normalized spacial score (nSPS) is 12.5. The van der Waals surface area contributed by atoms with E-state index in [0.717, 1.165) is 19.2 Å². The molecule has 4 nitrogen and oxygen atoms in total. The molecule has 0 fully saturated rings. The van der Waals surface area contributed by atoms with Crippen LogP contribution in [-0.2, 0) is 15.5 Å². The fourth-order valence-corrected chi connectivity index (χ4v) is 1.81. The number of esters is 1. The van der Waals surface area contributed by atoms with Crippen molar-refractivity contribution in [3.8, 4) is 11.5 Å². The zero-order valence-corrected chi connectivity index (χ0v) is 11.7. The minimum Gasteiger partial charge on any atom is -0.467 e. The minimum absolute atomic E-state index is 0.167. The molecule has 0 aliphatic carbocycles. The molecule has 0 aliphatic rings. The van der Waals surface area contributed by atoms with Crippen molar-refractivity contribution in [3.05, 3.63) is 60.2 Å². The van der Waals surface area contributed by atoms with E-state index in [-0.39, 0.29) is 5.75 Å². The van der Waals surface area contributed by atoms with Gasteiger partial charge >= 0.3 is 11.9 Å². The molecule has 0 saturated heterocycles. The van der Waals surface area contributed by atoms with E-state index in [1.54, 1.807) is 30.3 Å². The maximum atomic E-state index is 14.1. The second-order valence-corrected chi connectivity index (χ2v) is 4.49. The second-order valence-electron chi connectivity index (χ2n) is 4.49. The predicted molar refractivity (Wildman–Crippen MR) is 74.9 cm³/mol. The van der Waals surface area contributed by atoms with Crippen molar-refractivity contribution < 1.29 is 28.2 Å². The Balaban J connectivity index is 2.26. The topological polar surface area (TPSA) is 55.8 Å². The third-order valence-corrected chi connectivity index (χ3v) is 2.97. The van der Waals surface area contributed by atoms with Crippen molar-refractivity contribution in [1.82, 2.24) is 0 Å². The molecule has 0 amide bonds. The van der Waals surface area contributed by atoms with Gasteiger partial charge in [-0.2, -0.15) is 8.78 Å². The first-order valence-electron chi connectivity index (χ1n) is 6.42. The van der Waals surface area contributed by atoms with Crippen molar-refractivity contribution in [2.45, 2.75) is 12.0 Å². The van der Waals surface area contributed by atoms with Crippen LogP contribution in [0.2, 0.25) is 0 Å². The number of hydrogen-bond donors (Lipinski definition) is 1. The molecule has 0 aromatic heterocycles. The van der Waals surface area contributed by atoms with Crippen molar-refractivity contribution in [2.75, 3.05) is 7.11 Å². The van der Waals surface area contributed by atoms with E-state index in [0.29, 0.717) is 5.75 Å². The average Bonchev–Trinajstić information content (AvgIpc) is 2.54. The van der Waals surface area contributed by atoms with Crippen LogP contribution in [-0.4, -0.2) is 24.3 Å². The van der Waals surface area contributed by atoms with E-state index in [2.05, 4.69) is 4.74 Å². The summed E-state index contributed by atoms with van der Waals surface area (Å²) in [5.41, 5.74) is -0.543. The maximum Gasteiger partial charge on any atom is 0.341 e. The van der Waals surface area contributed by atoms with Gasteiger partial charge in [-0.05, 0) is 24.3 Å². The SMILES string of the molecule is COC(=O)C(O)C(F)(F)c1cccc(Oc2ccccc2)c1. The van der Waals surface area contributed by atoms with Crippen LogP contribution in [0.25, 0.3) is 0 Å². The van der Waals surface area contributed by atoms with Gasteiger partial charge in [0, 0.05) is 5.56 Å². The van der Waals surface area contributed by atoms with Crippen molar-refractivity contribution in [1.29, 1.82) is 0 Å². The molecule has 1 unspecified atom stereocenters. The second kappa shape index (κ2) is 6.53. The van der Waals surface area contributed by atoms with E-state index < -0.39 is 23.6 Å². The number of carbonyl (C=O) groups excluding carboxylic acids is 1. The van der Waals surface area contributed by atoms with E-state index in [1.807, 2.05) is 0 Å². The first-order chi connectivity index (χ1) is 10.4. The summed E-state index contributed by atoms with van der Waals surface area (Å²) in [7, 11) is 0.927. The summed E-state index contributed by atoms with van der Waals surface area (Å²) in [5, 5.41) is 9.41. The number of alkyl halides is 2. The monoisotopic (exact) mass is 308 g/mol. The Kier molecular flexibility index (Phi) is 4.72. The van der Waals surface area contributed by atoms with Crippen LogP contribution in [0.3, 0.4) is 0 Å². The fraction of sp³-hybridized carbons (Fsp3) is 0.188. The van der Waals surface area contributed by atoms with Crippen molar-refractivity contribution in [3.63, 3.8) is 0 Å². The zero-order valence-electron chi connectivity index (χ0n) is 11.7. The highest BCUT2D eigenvalue weighted by atomic mass is 19.3. The van der Waals surface area contributed by atoms with E-state index in [4.69, 9.17) is 4.74 Å². The van der Waals surface area contributed by atoms with Gasteiger partial charge < -0.3 is 14.6 Å². The molecular formula is C16H14F2O4. The Morgan fingerprint density at radius 1 is 1.09 bits per heavy atom. The van der Waals surface area contributed by atoms with Crippen molar-refractivity contribution >= 4 is 5.97 Å². The Morgan fingerprint density at radius 3 is 2.36 bits per heavy atom. The van der Waals surface area contributed by atoms with Gasteiger partial charge in [-0.3, -0.25) is 0 Å². The van der Waals surface area contributed by atoms with Crippen LogP contribution >= 0.6 is 0 Å². The number of carbonyl (C=O) groups is 1. The molecule has 0 heterocycles. The summed E-state index contributed by atoms with van der Waals surface area (Å²) < 4.78 is 37.8. The molecule has 2 aromatic rings. The third-order valence-electron chi connectivity index (χ3n) is 2.97. The first kappa shape index (κ1) is 15.9. The molecule has 116 valence electrons. The molecule has 22 heavy (non-hydrogen) atoms. The third kappa shape index (κ3) is 3.40. The summed E-state index contributed by atoms with van der Waals surface area (Å²) in [6, 6.07) is 13.7. The summed E-state index contributed by atoms with van der Waals surface area (Å²) in [5.74, 6) is -4.54. The van der Waals surface area contributed by atoms with E-state index in [9.17, 15) is 18.7 Å². The fourth-order valence-electron chi connectivity index (χ4n) is 1.81. The van der Waals surface area contributed by atoms with Gasteiger partial charge in [0.2, 0.25) is 6.10 Å². The highest BCUT2D eigenvalue weighted by molar-refractivity contribution is 5.75. The number of ether oxygens (including phenoxy) is 2. The molecule has 0 radical (unpaired) electrons. The average molecular weight is 308 g/mol. The maximum absolute atomic E-state index is 14.1. The lowest BCUT2D eigenvalue weighted by Gasteiger charge is -2.21. The number of methoxy groups -OCH3 is 1. The smallest absolute Gasteiger partial charge is 0.341 e. The number of hydrogen-bond acceptors (Lipinski definition) is 4. The lowest BCUT2D eigenvalue weighted by atomic mass is 10.0. The summed E-state index contributed by atoms with van der Waals surface area (Å²) in [6.07, 6.45) is -2.58. The molecule has 0 spiro atoms. The van der Waals surface area contributed by atoms with Gasteiger partial charge in [-0.25, -0.2) is 4.79 Å². The Hall–Kier alpha value is -2.47. The van der Waals surface area contributed by atoms with Gasteiger partial charge in [-0.15, -0.1) is 0 Å². The lowest BCUT2D eigenvalue weighted by Crippen LogP contribution is -2.38. The van der Waals surface area contributed by atoms with E-state index >= 15 is 0 Å². The summed E-state index contributed by atoms with van der Waals surface area (Å²) in [4.78, 5) is 11.1. The molecule has 0 aliphatic heterocycles.